The van der Waals surface area contributed by atoms with Gasteiger partial charge >= 0.3 is 5.97 Å². The number of nitrogens with zero attached hydrogens (tertiary/aromatic N) is 1. The van der Waals surface area contributed by atoms with Crippen molar-refractivity contribution in [3.05, 3.63) is 107 Å². The van der Waals surface area contributed by atoms with Crippen LogP contribution in [0.25, 0.3) is 6.08 Å². The average molecular weight is 355 g/mol. The quantitative estimate of drug-likeness (QED) is 0.673. The van der Waals surface area contributed by atoms with E-state index in [1.165, 1.54) is 0 Å². The first kappa shape index (κ1) is 17.2. The number of fused-ring (bicyclic) bond motifs is 1. The molecule has 0 bridgehead atoms. The lowest BCUT2D eigenvalue weighted by Crippen LogP contribution is -2.47. The molecule has 4 rings (SSSR count). The van der Waals surface area contributed by atoms with Crippen LogP contribution in [0.15, 0.2) is 89.9 Å². The number of hydrogen-bond donors (Lipinski definition) is 0. The van der Waals surface area contributed by atoms with Gasteiger partial charge in [-0.2, -0.15) is 0 Å². The van der Waals surface area contributed by atoms with E-state index < -0.39 is 11.5 Å². The largest absolute Gasteiger partial charge is 0.465 e. The smallest absolute Gasteiger partial charge is 0.323 e. The molecule has 3 nitrogen and oxygen atoms in total. The van der Waals surface area contributed by atoms with Crippen molar-refractivity contribution >= 4 is 12.0 Å². The van der Waals surface area contributed by atoms with Crippen LogP contribution in [-0.2, 0) is 14.9 Å². The van der Waals surface area contributed by atoms with E-state index in [2.05, 4.69) is 0 Å². The molecule has 0 fully saturated rings. The predicted octanol–water partition coefficient (Wildman–Crippen LogP) is 3.34. The Morgan fingerprint density at radius 3 is 2.26 bits per heavy atom. The summed E-state index contributed by atoms with van der Waals surface area (Å²) in [6.07, 6.45) is 2.03. The Labute approximate surface area is 158 Å². The lowest BCUT2D eigenvalue weighted by atomic mass is 9.70. The third kappa shape index (κ3) is 2.95. The monoisotopic (exact) mass is 355 g/mol. The van der Waals surface area contributed by atoms with Crippen LogP contribution >= 0.6 is 0 Å². The molecule has 27 heavy (non-hydrogen) atoms. The zero-order chi connectivity index (χ0) is 18.7. The number of rotatable bonds is 4. The number of para-hydroxylation sites is 1. The van der Waals surface area contributed by atoms with Crippen molar-refractivity contribution in [1.82, 2.24) is 0 Å². The summed E-state index contributed by atoms with van der Waals surface area (Å²) in [5.41, 5.74) is 0.864. The molecule has 0 spiro atoms. The number of carbonyl (C=O) groups is 1. The summed E-state index contributed by atoms with van der Waals surface area (Å²) in [4.78, 5) is 18.4. The Balaban J connectivity index is 2.06. The SMILES string of the molecule is CCOC(=O)C1(c2ccccc2)C=c2ccccc2=NC1c1ccccc1. The summed E-state index contributed by atoms with van der Waals surface area (Å²) in [6.45, 7) is 2.16. The molecule has 3 aromatic rings. The molecule has 0 saturated heterocycles. The summed E-state index contributed by atoms with van der Waals surface area (Å²) < 4.78 is 5.58. The minimum absolute atomic E-state index is 0.275. The summed E-state index contributed by atoms with van der Waals surface area (Å²) in [7, 11) is 0. The first-order valence-corrected chi connectivity index (χ1v) is 9.19. The first-order valence-electron chi connectivity index (χ1n) is 9.19. The highest BCUT2D eigenvalue weighted by Crippen LogP contribution is 2.43. The van der Waals surface area contributed by atoms with E-state index >= 15 is 0 Å². The summed E-state index contributed by atoms with van der Waals surface area (Å²) >= 11 is 0. The molecule has 2 atom stereocenters. The molecule has 0 aliphatic carbocycles. The molecule has 1 heterocycles. The van der Waals surface area contributed by atoms with E-state index in [4.69, 9.17) is 9.73 Å². The van der Waals surface area contributed by atoms with Gasteiger partial charge in [0.25, 0.3) is 0 Å². The van der Waals surface area contributed by atoms with Crippen LogP contribution in [0.4, 0.5) is 0 Å². The Morgan fingerprint density at radius 1 is 0.926 bits per heavy atom. The van der Waals surface area contributed by atoms with E-state index in [1.807, 2.05) is 97.9 Å². The summed E-state index contributed by atoms with van der Waals surface area (Å²) in [5.74, 6) is -0.275. The maximum Gasteiger partial charge on any atom is 0.323 e. The standard InChI is InChI=1S/C24H21NO2/c1-2-27-23(26)24(20-14-7-4-8-15-20)17-19-13-9-10-16-21(19)25-22(24)18-11-5-3-6-12-18/h3-17,22H,2H2,1H3. The minimum atomic E-state index is -1.01. The molecule has 0 amide bonds. The maximum absolute atomic E-state index is 13.4. The highest BCUT2D eigenvalue weighted by molar-refractivity contribution is 5.93. The van der Waals surface area contributed by atoms with Crippen LogP contribution in [0.5, 0.6) is 0 Å². The topological polar surface area (TPSA) is 38.7 Å². The van der Waals surface area contributed by atoms with Gasteiger partial charge in [0, 0.05) is 0 Å². The van der Waals surface area contributed by atoms with E-state index in [0.717, 1.165) is 21.7 Å². The van der Waals surface area contributed by atoms with Gasteiger partial charge in [-0.3, -0.25) is 9.79 Å². The molecule has 2 unspecified atom stereocenters. The lowest BCUT2D eigenvalue weighted by molar-refractivity contribution is -0.148. The van der Waals surface area contributed by atoms with Gasteiger partial charge in [0.15, 0.2) is 0 Å². The minimum Gasteiger partial charge on any atom is -0.465 e. The van der Waals surface area contributed by atoms with Gasteiger partial charge < -0.3 is 4.74 Å². The fourth-order valence-electron chi connectivity index (χ4n) is 3.76. The molecule has 0 radical (unpaired) electrons. The second kappa shape index (κ2) is 7.20. The van der Waals surface area contributed by atoms with E-state index in [0.29, 0.717) is 6.61 Å². The average Bonchev–Trinajstić information content (AvgIpc) is 2.74. The van der Waals surface area contributed by atoms with Crippen LogP contribution in [0.1, 0.15) is 24.1 Å². The van der Waals surface area contributed by atoms with Gasteiger partial charge in [-0.1, -0.05) is 84.9 Å². The van der Waals surface area contributed by atoms with Crippen LogP contribution in [0.2, 0.25) is 0 Å². The highest BCUT2D eigenvalue weighted by atomic mass is 16.5. The van der Waals surface area contributed by atoms with Crippen molar-refractivity contribution in [2.24, 2.45) is 4.99 Å². The van der Waals surface area contributed by atoms with Crippen molar-refractivity contribution in [3.63, 3.8) is 0 Å². The van der Waals surface area contributed by atoms with Gasteiger partial charge in [0.1, 0.15) is 5.41 Å². The van der Waals surface area contributed by atoms with E-state index in [9.17, 15) is 4.79 Å². The Hall–Kier alpha value is -3.20. The molecular formula is C24H21NO2. The number of carbonyl (C=O) groups excluding carboxylic acids is 1. The molecular weight excluding hydrogens is 334 g/mol. The zero-order valence-electron chi connectivity index (χ0n) is 15.2. The Bertz CT molecular complexity index is 1060. The molecule has 0 N–H and O–H groups in total. The van der Waals surface area contributed by atoms with E-state index in [1.54, 1.807) is 0 Å². The third-order valence-corrected chi connectivity index (χ3v) is 5.00. The van der Waals surface area contributed by atoms with Gasteiger partial charge in [-0.15, -0.1) is 0 Å². The number of benzene rings is 3. The second-order valence-electron chi connectivity index (χ2n) is 6.60. The number of hydrogen-bond acceptors (Lipinski definition) is 3. The molecule has 1 aliphatic heterocycles. The van der Waals surface area contributed by atoms with Gasteiger partial charge in [-0.25, -0.2) is 0 Å². The van der Waals surface area contributed by atoms with Crippen LogP contribution in [-0.4, -0.2) is 12.6 Å². The van der Waals surface area contributed by atoms with Crippen LogP contribution < -0.4 is 10.6 Å². The highest BCUT2D eigenvalue weighted by Gasteiger charge is 2.48. The van der Waals surface area contributed by atoms with Gasteiger partial charge in [0.2, 0.25) is 0 Å². The molecule has 3 heteroatoms. The molecule has 3 aromatic carbocycles. The fraction of sp³-hybridized carbons (Fsp3) is 0.167. The lowest BCUT2D eigenvalue weighted by Gasteiger charge is -2.36. The maximum atomic E-state index is 13.4. The fourth-order valence-corrected chi connectivity index (χ4v) is 3.76. The van der Waals surface area contributed by atoms with Crippen molar-refractivity contribution in [3.8, 4) is 0 Å². The van der Waals surface area contributed by atoms with Crippen molar-refractivity contribution in [2.45, 2.75) is 18.4 Å². The van der Waals surface area contributed by atoms with Gasteiger partial charge in [0.05, 0.1) is 18.0 Å². The zero-order valence-corrected chi connectivity index (χ0v) is 15.2. The number of esters is 1. The van der Waals surface area contributed by atoms with E-state index in [-0.39, 0.29) is 5.97 Å². The predicted molar refractivity (Wildman–Crippen MR) is 106 cm³/mol. The number of ether oxygens (including phenoxy) is 1. The molecule has 134 valence electrons. The van der Waals surface area contributed by atoms with Crippen molar-refractivity contribution in [2.75, 3.05) is 6.61 Å². The van der Waals surface area contributed by atoms with Gasteiger partial charge in [-0.05, 0) is 29.3 Å². The molecule has 0 saturated carbocycles. The summed E-state index contributed by atoms with van der Waals surface area (Å²) in [6, 6.07) is 27.3. The Morgan fingerprint density at radius 2 is 1.56 bits per heavy atom. The first-order chi connectivity index (χ1) is 13.3. The third-order valence-electron chi connectivity index (χ3n) is 5.00. The van der Waals surface area contributed by atoms with Crippen LogP contribution in [0, 0.1) is 0 Å². The Kier molecular flexibility index (Phi) is 4.59. The van der Waals surface area contributed by atoms with Crippen LogP contribution in [0.3, 0.4) is 0 Å². The second-order valence-corrected chi connectivity index (χ2v) is 6.60. The van der Waals surface area contributed by atoms with Crippen molar-refractivity contribution in [1.29, 1.82) is 0 Å². The summed E-state index contributed by atoms with van der Waals surface area (Å²) in [5, 5.41) is 1.84. The molecule has 1 aliphatic rings. The normalized spacial score (nSPS) is 20.7. The molecule has 0 aromatic heterocycles. The van der Waals surface area contributed by atoms with Crippen molar-refractivity contribution < 1.29 is 9.53 Å².